The van der Waals surface area contributed by atoms with Crippen molar-refractivity contribution in [3.05, 3.63) is 82.4 Å². The molecule has 0 unspecified atom stereocenters. The van der Waals surface area contributed by atoms with E-state index in [2.05, 4.69) is 15.3 Å². The number of methoxy groups -OCH3 is 1. The molecule has 0 spiro atoms. The summed E-state index contributed by atoms with van der Waals surface area (Å²) in [6.07, 6.45) is -5.52. The molecule has 216 valence electrons. The zero-order valence-corrected chi connectivity index (χ0v) is 23.1. The van der Waals surface area contributed by atoms with Crippen LogP contribution in [0.5, 0.6) is 5.75 Å². The molecule has 0 atom stereocenters. The number of anilines is 1. The maximum absolute atomic E-state index is 13.6. The van der Waals surface area contributed by atoms with Gasteiger partial charge in [-0.1, -0.05) is 30.3 Å². The molecular formula is C27H26F3N5O5S. The summed E-state index contributed by atoms with van der Waals surface area (Å²) in [4.78, 5) is 32.8. The van der Waals surface area contributed by atoms with Gasteiger partial charge in [0.05, 0.1) is 29.9 Å². The monoisotopic (exact) mass is 589 g/mol. The normalized spacial score (nSPS) is 11.9. The Bertz CT molecular complexity index is 1750. The number of amides is 1. The summed E-state index contributed by atoms with van der Waals surface area (Å²) in [6, 6.07) is 15.5. The van der Waals surface area contributed by atoms with Crippen LogP contribution in [0.4, 0.5) is 18.9 Å². The summed E-state index contributed by atoms with van der Waals surface area (Å²) in [7, 11) is -1.46. The topological polar surface area (TPSA) is 125 Å². The van der Waals surface area contributed by atoms with Crippen molar-refractivity contribution in [2.24, 2.45) is 7.05 Å². The van der Waals surface area contributed by atoms with Crippen molar-refractivity contribution in [2.45, 2.75) is 31.1 Å². The summed E-state index contributed by atoms with van der Waals surface area (Å²) in [5.41, 5.74) is -0.943. The number of hydrogen-bond acceptors (Lipinski definition) is 7. The predicted molar refractivity (Wildman–Crippen MR) is 145 cm³/mol. The van der Waals surface area contributed by atoms with Crippen molar-refractivity contribution in [3.63, 3.8) is 0 Å². The third-order valence-electron chi connectivity index (χ3n) is 6.29. The van der Waals surface area contributed by atoms with E-state index in [4.69, 9.17) is 4.74 Å². The minimum atomic E-state index is -4.94. The fraction of sp³-hybridized carbons (Fsp3) is 0.259. The van der Waals surface area contributed by atoms with Crippen LogP contribution in [0.2, 0.25) is 0 Å². The molecule has 2 aromatic carbocycles. The number of carbonyl (C=O) groups excluding carboxylic acids is 1. The van der Waals surface area contributed by atoms with Crippen LogP contribution in [0.3, 0.4) is 0 Å². The number of aromatic nitrogens is 4. The third kappa shape index (κ3) is 6.32. The first-order valence-electron chi connectivity index (χ1n) is 12.3. The molecule has 4 aromatic rings. The molecule has 10 nitrogen and oxygen atoms in total. The van der Waals surface area contributed by atoms with Crippen molar-refractivity contribution in [2.75, 3.05) is 18.2 Å². The van der Waals surface area contributed by atoms with Crippen molar-refractivity contribution in [3.8, 4) is 22.7 Å². The van der Waals surface area contributed by atoms with Crippen LogP contribution >= 0.6 is 0 Å². The van der Waals surface area contributed by atoms with Gasteiger partial charge in [0.25, 0.3) is 5.56 Å². The molecule has 0 aliphatic heterocycles. The van der Waals surface area contributed by atoms with Gasteiger partial charge in [0.1, 0.15) is 17.1 Å². The van der Waals surface area contributed by atoms with E-state index in [1.165, 1.54) is 23.9 Å². The Kier molecular flexibility index (Phi) is 8.33. The zero-order valence-electron chi connectivity index (χ0n) is 22.3. The smallest absolute Gasteiger partial charge is 0.433 e. The minimum Gasteiger partial charge on any atom is -0.496 e. The minimum absolute atomic E-state index is 0.0341. The fourth-order valence-electron chi connectivity index (χ4n) is 4.13. The molecule has 14 heteroatoms. The van der Waals surface area contributed by atoms with Crippen LogP contribution in [-0.2, 0) is 27.9 Å². The van der Waals surface area contributed by atoms with E-state index in [0.29, 0.717) is 17.4 Å². The number of para-hydroxylation sites is 2. The van der Waals surface area contributed by atoms with Gasteiger partial charge in [-0.3, -0.25) is 14.3 Å². The van der Waals surface area contributed by atoms with Gasteiger partial charge in [-0.15, -0.1) is 0 Å². The first-order valence-corrected chi connectivity index (χ1v) is 13.9. The Morgan fingerprint density at radius 2 is 1.71 bits per heavy atom. The molecule has 0 radical (unpaired) electrons. The number of benzene rings is 2. The maximum atomic E-state index is 13.6. The average molecular weight is 590 g/mol. The summed E-state index contributed by atoms with van der Waals surface area (Å²) >= 11 is 0. The number of alkyl halides is 3. The van der Waals surface area contributed by atoms with E-state index in [1.807, 2.05) is 0 Å². The van der Waals surface area contributed by atoms with E-state index in [0.717, 1.165) is 0 Å². The second-order valence-electron chi connectivity index (χ2n) is 9.03. The quantitative estimate of drug-likeness (QED) is 0.291. The highest BCUT2D eigenvalue weighted by Crippen LogP contribution is 2.34. The number of sulfone groups is 1. The molecule has 0 bridgehead atoms. The first kappa shape index (κ1) is 29.5. The SMILES string of the molecule is COc1ccccc1-c1cc(C(F)(F)F)nc(S(=O)(=O)CCCC(=O)Nc2c(C)n(C)n(-c3ccccc3)c2=O)n1. The van der Waals surface area contributed by atoms with E-state index >= 15 is 0 Å². The van der Waals surface area contributed by atoms with E-state index in [1.54, 1.807) is 61.1 Å². The Morgan fingerprint density at radius 3 is 2.37 bits per heavy atom. The number of ether oxygens (including phenoxy) is 1. The van der Waals surface area contributed by atoms with Crippen molar-refractivity contribution in [1.82, 2.24) is 19.3 Å². The standard InChI is InChI=1S/C27H26F3N5O5S/c1-17-24(25(37)35(34(17)2)18-10-5-4-6-11-18)33-23(36)14-9-15-41(38,39)26-31-20(16-22(32-26)27(28,29)30)19-12-7-8-13-21(19)40-3/h4-8,10-13,16H,9,14-15H2,1-3H3,(H,33,36). The molecule has 0 aliphatic carbocycles. The van der Waals surface area contributed by atoms with Crippen LogP contribution in [0.15, 0.2) is 70.6 Å². The molecule has 0 saturated heterocycles. The Morgan fingerprint density at radius 1 is 1.05 bits per heavy atom. The van der Waals surface area contributed by atoms with E-state index in [-0.39, 0.29) is 35.5 Å². The van der Waals surface area contributed by atoms with Gasteiger partial charge in [-0.25, -0.2) is 23.1 Å². The van der Waals surface area contributed by atoms with Gasteiger partial charge in [0.2, 0.25) is 20.9 Å². The summed E-state index contributed by atoms with van der Waals surface area (Å²) in [5.74, 6) is -1.14. The Labute approximate surface area is 233 Å². The van der Waals surface area contributed by atoms with Gasteiger partial charge in [0.15, 0.2) is 0 Å². The summed E-state index contributed by atoms with van der Waals surface area (Å²) in [5, 5.41) is 1.51. The average Bonchev–Trinajstić information content (AvgIpc) is 3.15. The molecule has 0 aliphatic rings. The largest absolute Gasteiger partial charge is 0.496 e. The molecule has 41 heavy (non-hydrogen) atoms. The lowest BCUT2D eigenvalue weighted by molar-refractivity contribution is -0.141. The fourth-order valence-corrected chi connectivity index (χ4v) is 5.31. The second kappa shape index (κ2) is 11.6. The lowest BCUT2D eigenvalue weighted by Gasteiger charge is -2.13. The van der Waals surface area contributed by atoms with Gasteiger partial charge in [-0.2, -0.15) is 13.2 Å². The molecular weight excluding hydrogens is 563 g/mol. The molecule has 1 N–H and O–H groups in total. The number of carbonyl (C=O) groups is 1. The van der Waals surface area contributed by atoms with Crippen LogP contribution < -0.4 is 15.6 Å². The lowest BCUT2D eigenvalue weighted by atomic mass is 10.1. The number of hydrogen-bond donors (Lipinski definition) is 1. The molecule has 1 amide bonds. The van der Waals surface area contributed by atoms with Gasteiger partial charge in [-0.05, 0) is 43.7 Å². The highest BCUT2D eigenvalue weighted by Gasteiger charge is 2.35. The second-order valence-corrected chi connectivity index (χ2v) is 11.0. The van der Waals surface area contributed by atoms with Crippen LogP contribution in [0, 0.1) is 6.92 Å². The highest BCUT2D eigenvalue weighted by molar-refractivity contribution is 7.91. The first-order chi connectivity index (χ1) is 19.3. The Balaban J connectivity index is 1.53. The highest BCUT2D eigenvalue weighted by atomic mass is 32.2. The maximum Gasteiger partial charge on any atom is 0.433 e. The van der Waals surface area contributed by atoms with Crippen LogP contribution in [0.1, 0.15) is 24.2 Å². The Hall–Kier alpha value is -4.46. The summed E-state index contributed by atoms with van der Waals surface area (Å²) in [6.45, 7) is 1.64. The third-order valence-corrected chi connectivity index (χ3v) is 7.86. The van der Waals surface area contributed by atoms with Crippen LogP contribution in [-0.4, -0.2) is 46.5 Å². The van der Waals surface area contributed by atoms with Crippen molar-refractivity contribution in [1.29, 1.82) is 0 Å². The number of rotatable bonds is 9. The zero-order chi connectivity index (χ0) is 29.9. The molecule has 2 heterocycles. The summed E-state index contributed by atoms with van der Waals surface area (Å²) < 4.78 is 74.9. The molecule has 0 fully saturated rings. The number of nitrogens with zero attached hydrogens (tertiary/aromatic N) is 4. The number of halogens is 3. The van der Waals surface area contributed by atoms with Gasteiger partial charge in [0, 0.05) is 19.0 Å². The van der Waals surface area contributed by atoms with Crippen LogP contribution in [0.25, 0.3) is 16.9 Å². The van der Waals surface area contributed by atoms with Crippen molar-refractivity contribution >= 4 is 21.4 Å². The van der Waals surface area contributed by atoms with Gasteiger partial charge >= 0.3 is 6.18 Å². The lowest BCUT2D eigenvalue weighted by Crippen LogP contribution is -2.23. The molecule has 0 saturated carbocycles. The van der Waals surface area contributed by atoms with E-state index in [9.17, 15) is 31.2 Å². The molecule has 4 rings (SSSR count). The number of nitrogens with one attached hydrogen (secondary N) is 1. The molecule has 2 aromatic heterocycles. The predicted octanol–water partition coefficient (Wildman–Crippen LogP) is 4.16. The van der Waals surface area contributed by atoms with Crippen molar-refractivity contribution < 1.29 is 31.1 Å². The van der Waals surface area contributed by atoms with E-state index < -0.39 is 44.1 Å². The van der Waals surface area contributed by atoms with Gasteiger partial charge < -0.3 is 10.1 Å².